The second-order valence-corrected chi connectivity index (χ2v) is 5.71. The minimum atomic E-state index is -0.0677. The molecule has 3 rings (SSSR count). The molecule has 0 fully saturated rings. The number of nitrogens with zero attached hydrogens (tertiary/aromatic N) is 2. The van der Waals surface area contributed by atoms with Crippen molar-refractivity contribution in [2.75, 3.05) is 5.32 Å². The molecular formula is C20H19N3O2. The normalized spacial score (nSPS) is 10.3. The first kappa shape index (κ1) is 16.6. The van der Waals surface area contributed by atoms with Gasteiger partial charge in [-0.25, -0.2) is 9.97 Å². The fourth-order valence-corrected chi connectivity index (χ4v) is 2.38. The molecular weight excluding hydrogens is 314 g/mol. The van der Waals surface area contributed by atoms with Crippen LogP contribution in [0.3, 0.4) is 0 Å². The topological polar surface area (TPSA) is 64.1 Å². The van der Waals surface area contributed by atoms with Crippen molar-refractivity contribution in [2.45, 2.75) is 19.8 Å². The van der Waals surface area contributed by atoms with Gasteiger partial charge in [0, 0.05) is 6.42 Å². The lowest BCUT2D eigenvalue weighted by Gasteiger charge is -2.07. The van der Waals surface area contributed by atoms with Crippen LogP contribution in [0.1, 0.15) is 17.5 Å². The van der Waals surface area contributed by atoms with Crippen LogP contribution in [0.2, 0.25) is 0 Å². The lowest BCUT2D eigenvalue weighted by atomic mass is 10.1. The van der Waals surface area contributed by atoms with Crippen molar-refractivity contribution in [3.63, 3.8) is 0 Å². The number of carbonyl (C=O) groups is 1. The summed E-state index contributed by atoms with van der Waals surface area (Å²) in [7, 11) is 0. The molecule has 1 aromatic heterocycles. The van der Waals surface area contributed by atoms with E-state index in [0.717, 1.165) is 5.56 Å². The molecule has 0 atom stereocenters. The van der Waals surface area contributed by atoms with Crippen LogP contribution < -0.4 is 10.1 Å². The number of ether oxygens (including phenoxy) is 1. The Labute approximate surface area is 146 Å². The van der Waals surface area contributed by atoms with Gasteiger partial charge in [-0.2, -0.15) is 0 Å². The summed E-state index contributed by atoms with van der Waals surface area (Å²) in [4.78, 5) is 20.3. The Morgan fingerprint density at radius 2 is 1.80 bits per heavy atom. The number of amides is 1. The van der Waals surface area contributed by atoms with Crippen molar-refractivity contribution in [3.05, 3.63) is 78.1 Å². The highest BCUT2D eigenvalue weighted by molar-refractivity contribution is 5.90. The first-order chi connectivity index (χ1) is 12.2. The Morgan fingerprint density at radius 1 is 1.04 bits per heavy atom. The van der Waals surface area contributed by atoms with Crippen LogP contribution in [0, 0.1) is 6.92 Å². The molecule has 0 aliphatic heterocycles. The van der Waals surface area contributed by atoms with Crippen LogP contribution in [-0.2, 0) is 11.2 Å². The van der Waals surface area contributed by atoms with E-state index in [1.54, 1.807) is 0 Å². The number of hydrogen-bond acceptors (Lipinski definition) is 4. The van der Waals surface area contributed by atoms with E-state index in [9.17, 15) is 4.79 Å². The Bertz CT molecular complexity index is 833. The predicted molar refractivity (Wildman–Crippen MR) is 96.7 cm³/mol. The highest BCUT2D eigenvalue weighted by atomic mass is 16.5. The molecule has 0 aliphatic rings. The third kappa shape index (κ3) is 5.14. The van der Waals surface area contributed by atoms with E-state index in [1.165, 1.54) is 18.0 Å². The molecule has 5 heteroatoms. The minimum Gasteiger partial charge on any atom is -0.424 e. The summed E-state index contributed by atoms with van der Waals surface area (Å²) in [6.45, 7) is 2.04. The fourth-order valence-electron chi connectivity index (χ4n) is 2.38. The van der Waals surface area contributed by atoms with Gasteiger partial charge in [0.15, 0.2) is 0 Å². The van der Waals surface area contributed by atoms with Gasteiger partial charge >= 0.3 is 6.01 Å². The van der Waals surface area contributed by atoms with Crippen molar-refractivity contribution in [2.24, 2.45) is 0 Å². The summed E-state index contributed by atoms with van der Waals surface area (Å²) in [6.07, 6.45) is 4.18. The van der Waals surface area contributed by atoms with Crippen molar-refractivity contribution >= 4 is 11.6 Å². The van der Waals surface area contributed by atoms with Crippen molar-refractivity contribution < 1.29 is 9.53 Å². The third-order valence-electron chi connectivity index (χ3n) is 3.59. The summed E-state index contributed by atoms with van der Waals surface area (Å²) >= 11 is 0. The zero-order valence-corrected chi connectivity index (χ0v) is 14.0. The Kier molecular flexibility index (Phi) is 5.36. The summed E-state index contributed by atoms with van der Waals surface area (Å²) in [5, 5.41) is 2.80. The largest absolute Gasteiger partial charge is 0.424 e. The molecule has 1 amide bonds. The van der Waals surface area contributed by atoms with Crippen LogP contribution in [0.25, 0.3) is 0 Å². The third-order valence-corrected chi connectivity index (χ3v) is 3.59. The first-order valence-electron chi connectivity index (χ1n) is 8.09. The number of anilines is 1. The number of aryl methyl sites for hydroxylation is 2. The second kappa shape index (κ2) is 8.06. The average Bonchev–Trinajstić information content (AvgIpc) is 2.63. The number of aromatic nitrogens is 2. The molecule has 25 heavy (non-hydrogen) atoms. The molecule has 1 N–H and O–H groups in total. The van der Waals surface area contributed by atoms with E-state index in [-0.39, 0.29) is 11.9 Å². The Hall–Kier alpha value is -3.21. The molecule has 1 heterocycles. The maximum atomic E-state index is 12.0. The summed E-state index contributed by atoms with van der Waals surface area (Å²) in [5.74, 6) is 0.597. The van der Waals surface area contributed by atoms with Gasteiger partial charge in [-0.1, -0.05) is 48.0 Å². The maximum absolute atomic E-state index is 12.0. The number of benzene rings is 2. The van der Waals surface area contributed by atoms with Gasteiger partial charge in [-0.15, -0.1) is 0 Å². The van der Waals surface area contributed by atoms with Gasteiger partial charge in [0.25, 0.3) is 0 Å². The van der Waals surface area contributed by atoms with Crippen LogP contribution >= 0.6 is 0 Å². The number of rotatable bonds is 6. The zero-order chi connectivity index (χ0) is 17.5. The Morgan fingerprint density at radius 3 is 2.52 bits per heavy atom. The molecule has 3 aromatic rings. The molecule has 0 bridgehead atoms. The van der Waals surface area contributed by atoms with Crippen molar-refractivity contribution in [1.82, 2.24) is 9.97 Å². The summed E-state index contributed by atoms with van der Waals surface area (Å²) in [5.41, 5.74) is 2.90. The highest BCUT2D eigenvalue weighted by Gasteiger charge is 2.05. The molecule has 2 aromatic carbocycles. The molecule has 0 saturated heterocycles. The van der Waals surface area contributed by atoms with Gasteiger partial charge in [0.05, 0.1) is 18.1 Å². The van der Waals surface area contributed by atoms with Crippen molar-refractivity contribution in [3.8, 4) is 11.8 Å². The van der Waals surface area contributed by atoms with Gasteiger partial charge in [-0.05, 0) is 31.0 Å². The first-order valence-corrected chi connectivity index (χ1v) is 8.09. The molecule has 0 unspecified atom stereocenters. The van der Waals surface area contributed by atoms with Crippen LogP contribution in [0.5, 0.6) is 11.8 Å². The number of hydrogen-bond donors (Lipinski definition) is 1. The van der Waals surface area contributed by atoms with E-state index in [0.29, 0.717) is 24.3 Å². The van der Waals surface area contributed by atoms with Gasteiger partial charge < -0.3 is 10.1 Å². The standard InChI is InChI=1S/C20H19N3O2/c1-15-6-5-7-16(12-15)10-11-19(24)23-17-13-21-20(22-14-17)25-18-8-3-2-4-9-18/h2-9,12-14H,10-11H2,1H3,(H,23,24). The van der Waals surface area contributed by atoms with E-state index in [4.69, 9.17) is 4.74 Å². The monoisotopic (exact) mass is 333 g/mol. The lowest BCUT2D eigenvalue weighted by molar-refractivity contribution is -0.116. The SMILES string of the molecule is Cc1cccc(CCC(=O)Nc2cnc(Oc3ccccc3)nc2)c1. The average molecular weight is 333 g/mol. The molecule has 126 valence electrons. The predicted octanol–water partition coefficient (Wildman–Crippen LogP) is 4.15. The summed E-state index contributed by atoms with van der Waals surface area (Å²) in [6, 6.07) is 17.7. The lowest BCUT2D eigenvalue weighted by Crippen LogP contribution is -2.12. The van der Waals surface area contributed by atoms with Gasteiger partial charge in [0.1, 0.15) is 5.75 Å². The van der Waals surface area contributed by atoms with Gasteiger partial charge in [-0.3, -0.25) is 4.79 Å². The molecule has 0 spiro atoms. The quantitative estimate of drug-likeness (QED) is 0.736. The van der Waals surface area contributed by atoms with E-state index >= 15 is 0 Å². The smallest absolute Gasteiger partial charge is 0.322 e. The number of para-hydroxylation sites is 1. The fraction of sp³-hybridized carbons (Fsp3) is 0.150. The molecule has 0 radical (unpaired) electrons. The van der Waals surface area contributed by atoms with Crippen LogP contribution in [0.15, 0.2) is 67.0 Å². The molecule has 0 saturated carbocycles. The maximum Gasteiger partial charge on any atom is 0.322 e. The van der Waals surface area contributed by atoms with Crippen LogP contribution in [0.4, 0.5) is 5.69 Å². The second-order valence-electron chi connectivity index (χ2n) is 5.71. The Balaban J connectivity index is 1.51. The summed E-state index contributed by atoms with van der Waals surface area (Å²) < 4.78 is 5.52. The van der Waals surface area contributed by atoms with E-state index in [1.807, 2.05) is 55.5 Å². The van der Waals surface area contributed by atoms with E-state index < -0.39 is 0 Å². The highest BCUT2D eigenvalue weighted by Crippen LogP contribution is 2.17. The minimum absolute atomic E-state index is 0.0677. The van der Waals surface area contributed by atoms with Crippen molar-refractivity contribution in [1.29, 1.82) is 0 Å². The number of nitrogens with one attached hydrogen (secondary N) is 1. The van der Waals surface area contributed by atoms with E-state index in [2.05, 4.69) is 21.4 Å². The zero-order valence-electron chi connectivity index (χ0n) is 14.0. The molecule has 0 aliphatic carbocycles. The molecule has 5 nitrogen and oxygen atoms in total. The number of carbonyl (C=O) groups excluding carboxylic acids is 1. The van der Waals surface area contributed by atoms with Gasteiger partial charge in [0.2, 0.25) is 5.91 Å². The van der Waals surface area contributed by atoms with Crippen LogP contribution in [-0.4, -0.2) is 15.9 Å².